The van der Waals surface area contributed by atoms with Crippen LogP contribution in [0.15, 0.2) is 255 Å². The molecule has 0 spiro atoms. The lowest BCUT2D eigenvalue weighted by atomic mass is 10.0. The maximum Gasteiger partial charge on any atom is 0.342 e. The van der Waals surface area contributed by atoms with Gasteiger partial charge in [0.05, 0.1) is 17.1 Å². The molecule has 0 aromatic heterocycles. The van der Waals surface area contributed by atoms with Gasteiger partial charge in [-0.1, -0.05) is 146 Å². The van der Waals surface area contributed by atoms with Crippen LogP contribution in [0.3, 0.4) is 0 Å². The SMILES string of the molecule is CC1c2cccc(c2)N[P+](c2ccccc2)(c2ccccc2)C2[P+](c3ccccc3)(c3ccccc3)Nc3cccc(c3)CN1Cc1cccc(c1)N[P+]2(c1ccccc1)c1ccccc1. The zero-order chi connectivity index (χ0) is 44.4. The lowest BCUT2D eigenvalue weighted by Gasteiger charge is -2.45. The van der Waals surface area contributed by atoms with Gasteiger partial charge in [-0.05, 0) is 133 Å². The van der Waals surface area contributed by atoms with E-state index < -0.39 is 22.2 Å². The number of rotatable bonds is 6. The number of benzene rings is 9. The van der Waals surface area contributed by atoms with E-state index >= 15 is 0 Å². The molecule has 66 heavy (non-hydrogen) atoms. The Kier molecular flexibility index (Phi) is 11.6. The molecule has 0 aliphatic carbocycles. The predicted octanol–water partition coefficient (Wildman–Crippen LogP) is 12.7. The number of hydrogen-bond acceptors (Lipinski definition) is 4. The van der Waals surface area contributed by atoms with E-state index in [9.17, 15) is 0 Å². The molecule has 3 N–H and O–H groups in total. The Bertz CT molecular complexity index is 2790. The van der Waals surface area contributed by atoms with Gasteiger partial charge in [0.1, 0.15) is 31.8 Å². The molecule has 7 heteroatoms. The van der Waals surface area contributed by atoms with Crippen molar-refractivity contribution in [1.29, 1.82) is 0 Å². The first-order chi connectivity index (χ1) is 32.6. The van der Waals surface area contributed by atoms with Crippen LogP contribution in [0.4, 0.5) is 17.1 Å². The molecule has 4 nitrogen and oxygen atoms in total. The van der Waals surface area contributed by atoms with E-state index in [0.29, 0.717) is 0 Å². The van der Waals surface area contributed by atoms with E-state index in [1.807, 2.05) is 0 Å². The lowest BCUT2D eigenvalue weighted by molar-refractivity contribution is 0.192. The second kappa shape index (κ2) is 18.1. The third-order valence-corrected chi connectivity index (χ3v) is 30.3. The minimum Gasteiger partial charge on any atom is -0.288 e. The van der Waals surface area contributed by atoms with E-state index in [2.05, 4.69) is 267 Å². The van der Waals surface area contributed by atoms with Crippen molar-refractivity contribution in [2.24, 2.45) is 0 Å². The van der Waals surface area contributed by atoms with Gasteiger partial charge in [0.15, 0.2) is 0 Å². The van der Waals surface area contributed by atoms with E-state index in [1.54, 1.807) is 0 Å². The first-order valence-corrected chi connectivity index (χ1v) is 28.5. The summed E-state index contributed by atoms with van der Waals surface area (Å²) in [7, 11) is -9.12. The molecule has 9 aromatic carbocycles. The van der Waals surface area contributed by atoms with Crippen molar-refractivity contribution in [3.05, 3.63) is 271 Å². The largest absolute Gasteiger partial charge is 0.342 e. The second-order valence-electron chi connectivity index (χ2n) is 17.5. The molecule has 0 radical (unpaired) electrons. The number of fused-ring (bicyclic) bond motifs is 3. The highest BCUT2D eigenvalue weighted by Gasteiger charge is 2.81. The molecule has 3 heterocycles. The van der Waals surface area contributed by atoms with Gasteiger partial charge in [0, 0.05) is 19.1 Å². The molecule has 0 saturated carbocycles. The van der Waals surface area contributed by atoms with Gasteiger partial charge in [-0.15, -0.1) is 0 Å². The van der Waals surface area contributed by atoms with Crippen molar-refractivity contribution in [2.45, 2.75) is 31.2 Å². The van der Waals surface area contributed by atoms with Crippen molar-refractivity contribution < 1.29 is 0 Å². The fraction of sp³-hybridized carbons (Fsp3) is 0.0847. The van der Waals surface area contributed by atoms with Crippen molar-refractivity contribution in [2.75, 3.05) is 15.3 Å². The Morgan fingerprint density at radius 2 is 0.621 bits per heavy atom. The highest BCUT2D eigenvalue weighted by Crippen LogP contribution is 2.90. The van der Waals surface area contributed by atoms with Gasteiger partial charge in [0.2, 0.25) is 0 Å². The molecule has 0 saturated heterocycles. The van der Waals surface area contributed by atoms with E-state index in [1.165, 1.54) is 48.5 Å². The summed E-state index contributed by atoms with van der Waals surface area (Å²) in [4.78, 5) is 2.64. The minimum absolute atomic E-state index is 0.114. The molecular formula is C59H54N4P3+3. The average molecular weight is 912 g/mol. The molecule has 0 fully saturated rings. The smallest absolute Gasteiger partial charge is 0.288 e. The van der Waals surface area contributed by atoms with Crippen LogP contribution in [0.5, 0.6) is 0 Å². The number of nitrogens with one attached hydrogen (secondary N) is 3. The molecule has 1 atom stereocenters. The molecule has 12 rings (SSSR count). The summed E-state index contributed by atoms with van der Waals surface area (Å²) in [5, 5.41) is 21.7. The Hall–Kier alpha value is -6.37. The molecule has 1 unspecified atom stereocenters. The molecule has 322 valence electrons. The van der Waals surface area contributed by atoms with Crippen LogP contribution in [-0.2, 0) is 13.1 Å². The third kappa shape index (κ3) is 7.53. The van der Waals surface area contributed by atoms with E-state index in [0.717, 1.165) is 30.2 Å². The molecule has 3 aliphatic rings. The van der Waals surface area contributed by atoms with Gasteiger partial charge in [-0.25, -0.2) is 15.3 Å². The van der Waals surface area contributed by atoms with Crippen molar-refractivity contribution in [1.82, 2.24) is 4.90 Å². The van der Waals surface area contributed by atoms with Gasteiger partial charge in [-0.3, -0.25) is 4.90 Å². The minimum atomic E-state index is -3.05. The summed E-state index contributed by atoms with van der Waals surface area (Å²) >= 11 is 0. The quantitative estimate of drug-likeness (QED) is 0.145. The summed E-state index contributed by atoms with van der Waals surface area (Å²) in [5.74, 6) is 0. The number of hydrogen-bond donors (Lipinski definition) is 3. The summed E-state index contributed by atoms with van der Waals surface area (Å²) in [6, 6.07) is 97.2. The Labute approximate surface area is 392 Å². The molecule has 9 aromatic rings. The molecular weight excluding hydrogens is 858 g/mol. The van der Waals surface area contributed by atoms with E-state index in [-0.39, 0.29) is 11.2 Å². The number of anilines is 3. The zero-order valence-electron chi connectivity index (χ0n) is 37.1. The predicted molar refractivity (Wildman–Crippen MR) is 289 cm³/mol. The molecule has 8 bridgehead atoms. The van der Waals surface area contributed by atoms with Crippen LogP contribution < -0.4 is 47.1 Å². The van der Waals surface area contributed by atoms with Crippen LogP contribution >= 0.6 is 22.2 Å². The summed E-state index contributed by atoms with van der Waals surface area (Å²) in [6.45, 7) is 3.95. The van der Waals surface area contributed by atoms with Crippen LogP contribution in [0.2, 0.25) is 0 Å². The van der Waals surface area contributed by atoms with E-state index in [4.69, 9.17) is 15.3 Å². The Balaban J connectivity index is 1.46. The van der Waals surface area contributed by atoms with Gasteiger partial charge in [0.25, 0.3) is 22.2 Å². The maximum atomic E-state index is 4.72. The third-order valence-electron chi connectivity index (χ3n) is 13.5. The highest BCUT2D eigenvalue weighted by atomic mass is 31.3. The molecule has 0 amide bonds. The van der Waals surface area contributed by atoms with Crippen LogP contribution in [0.25, 0.3) is 0 Å². The highest BCUT2D eigenvalue weighted by molar-refractivity contribution is 8.20. The van der Waals surface area contributed by atoms with Crippen LogP contribution in [-0.4, -0.2) is 10.0 Å². The first-order valence-electron chi connectivity index (χ1n) is 22.9. The second-order valence-corrected chi connectivity index (χ2v) is 28.3. The fourth-order valence-corrected chi connectivity index (χ4v) is 31.7. The van der Waals surface area contributed by atoms with Gasteiger partial charge >= 0.3 is 5.14 Å². The Morgan fingerprint density at radius 1 is 0.333 bits per heavy atom. The summed E-state index contributed by atoms with van der Waals surface area (Å²) < 4.78 is 0. The average Bonchev–Trinajstić information content (AvgIpc) is 3.38. The monoisotopic (exact) mass is 911 g/mol. The van der Waals surface area contributed by atoms with Crippen LogP contribution in [0.1, 0.15) is 29.7 Å². The topological polar surface area (TPSA) is 39.3 Å². The molecule has 3 aliphatic heterocycles. The van der Waals surface area contributed by atoms with Gasteiger partial charge in [-0.2, -0.15) is 0 Å². The van der Waals surface area contributed by atoms with Crippen LogP contribution in [0, 0.1) is 0 Å². The Morgan fingerprint density at radius 3 is 0.939 bits per heavy atom. The van der Waals surface area contributed by atoms with Gasteiger partial charge < -0.3 is 0 Å². The summed E-state index contributed by atoms with van der Waals surface area (Å²) in [6.07, 6.45) is 0. The number of nitrogens with zero attached hydrogens (tertiary/aromatic N) is 1. The standard InChI is InChI=1S/C59H54N4P3/c1-46-49-25-22-28-52(43-49)62-66(57-37-16-6-17-38-57,58-39-18-7-19-40-58)59-64(53-29-8-2-9-30-53,54-31-10-3-11-32-54)60-50-26-20-23-47(41-50)44-63(46)45-48-24-21-27-51(42-48)61-65(59,55-33-12-4-13-34-55)56-35-14-5-15-36-56/h2-43,46,59-62H,44-45H2,1H3/q+3. The van der Waals surface area contributed by atoms with Crippen molar-refractivity contribution in [3.8, 4) is 0 Å². The van der Waals surface area contributed by atoms with Crippen molar-refractivity contribution in [3.63, 3.8) is 0 Å². The van der Waals surface area contributed by atoms with Crippen molar-refractivity contribution >= 4 is 71.1 Å². The fourth-order valence-electron chi connectivity index (χ4n) is 10.5. The summed E-state index contributed by atoms with van der Waals surface area (Å²) in [5.41, 5.74) is 7.20. The maximum absolute atomic E-state index is 4.72. The normalized spacial score (nSPS) is 19.1. The first kappa shape index (κ1) is 42.3. The lowest BCUT2D eigenvalue weighted by Crippen LogP contribution is -2.51. The zero-order valence-corrected chi connectivity index (χ0v) is 39.8.